The lowest BCUT2D eigenvalue weighted by atomic mass is 10.0. The maximum absolute atomic E-state index is 13.3. The highest BCUT2D eigenvalue weighted by molar-refractivity contribution is 8.00. The lowest BCUT2D eigenvalue weighted by molar-refractivity contribution is -0.150. The van der Waals surface area contributed by atoms with Crippen molar-refractivity contribution >= 4 is 127 Å². The molecule has 0 bridgehead atoms. The van der Waals surface area contributed by atoms with Gasteiger partial charge in [-0.05, 0) is 38.8 Å². The Bertz CT molecular complexity index is 2870. The predicted octanol–water partition coefficient (Wildman–Crippen LogP) is 5.48. The fourth-order valence-corrected chi connectivity index (χ4v) is 14.6. The number of aliphatic carboxylic acids is 2. The van der Waals surface area contributed by atoms with Crippen LogP contribution in [0, 0.1) is 0 Å². The largest absolute Gasteiger partial charge is 0.477 e. The summed E-state index contributed by atoms with van der Waals surface area (Å²) in [4.78, 5) is 146. The van der Waals surface area contributed by atoms with Gasteiger partial charge in [0.05, 0.1) is 6.10 Å². The van der Waals surface area contributed by atoms with Gasteiger partial charge < -0.3 is 66.0 Å². The number of hydrogen-bond donors (Lipinski definition) is 8. The average Bonchev–Trinajstić information content (AvgIpc) is 1.14. The maximum Gasteiger partial charge on any atom is 0.352 e. The summed E-state index contributed by atoms with van der Waals surface area (Å²) in [5, 5.41) is 47.3. The van der Waals surface area contributed by atoms with Crippen molar-refractivity contribution in [2.45, 2.75) is 171 Å². The fraction of sp³-hybridized carbons (Fsp3) is 0.633. The molecular weight excluding hydrogens is 1290 g/mol. The minimum Gasteiger partial charge on any atom is -0.477 e. The van der Waals surface area contributed by atoms with Crippen molar-refractivity contribution in [3.05, 3.63) is 44.7 Å². The number of nitrogens with one attached hydrogen (secondary N) is 6. The summed E-state index contributed by atoms with van der Waals surface area (Å²) in [5.41, 5.74) is -0.207. The SMILES string of the molecule is CON=C(C(=O)NC1C(=O)N2C(C(=O)O)=C(COC(C)=O)CSC12)c1csc(NC(=O)CCCCCCCCCCCNCC(CNCCCCCCCCCCCC(=O)Nc2nc(C(=NOC)C(=O)NC3C(=O)N4C(C(=O)O)=C(COC(C)=O)CSC34)cs2)OC)n1. The zero-order valence-corrected chi connectivity index (χ0v) is 56.4. The Morgan fingerprint density at radius 3 is 1.25 bits per heavy atom. The van der Waals surface area contributed by atoms with Gasteiger partial charge in [-0.3, -0.25) is 48.2 Å². The monoisotopic (exact) mass is 1370 g/mol. The van der Waals surface area contributed by atoms with Crippen molar-refractivity contribution in [2.24, 2.45) is 10.3 Å². The van der Waals surface area contributed by atoms with Gasteiger partial charge in [0.25, 0.3) is 23.6 Å². The van der Waals surface area contributed by atoms with E-state index in [9.17, 15) is 58.2 Å². The van der Waals surface area contributed by atoms with Crippen LogP contribution in [0.5, 0.6) is 0 Å². The van der Waals surface area contributed by atoms with E-state index in [1.165, 1.54) is 88.0 Å². The number of ether oxygens (including phenoxy) is 3. The Hall–Kier alpha value is -7.04. The first-order valence-electron chi connectivity index (χ1n) is 31.2. The number of aromatic nitrogens is 2. The van der Waals surface area contributed by atoms with Crippen LogP contribution in [0.1, 0.15) is 154 Å². The Labute approximate surface area is 556 Å². The number of β-lactam (4-membered cyclic amide) rings is 2. The van der Waals surface area contributed by atoms with Crippen molar-refractivity contribution < 1.29 is 82.0 Å². The van der Waals surface area contributed by atoms with Crippen LogP contribution in [-0.2, 0) is 71.8 Å². The van der Waals surface area contributed by atoms with Crippen LogP contribution in [0.4, 0.5) is 10.3 Å². The summed E-state index contributed by atoms with van der Waals surface area (Å²) in [6.45, 7) is 5.35. The minimum absolute atomic E-state index is 0.103. The second kappa shape index (κ2) is 39.6. The number of rotatable bonds is 45. The average molecular weight is 1380 g/mol. The fourth-order valence-electron chi connectivity index (χ4n) is 10.5. The standard InChI is InChI=1S/C60H86N12O17S4/c1-36(73)88-30-38-32-90-55-47(53(79)71(55)49(38)57(81)82)67-51(77)45(69-86-4)41-34-92-59(63-41)65-43(75)24-20-16-12-8-6-10-14-18-22-26-61-28-40(85-3)29-62-27-23-19-15-11-7-9-13-17-21-25-44(76)66-60-64-42(35-93-60)46(70-87-5)52(78)68-48-54(80)72-50(58(83)84)39(31-89-37(2)74)33-91-56(48)72/h34-35,40,47-48,55-56,61-62H,6-33H2,1-5H3,(H,67,77)(H,68,78)(H,81,82)(H,83,84)(H,63,65,75)(H,64,66,76). The Balaban J connectivity index is 0.701. The topological polar surface area (TPSA) is 386 Å². The highest BCUT2D eigenvalue weighted by Gasteiger charge is 2.56. The van der Waals surface area contributed by atoms with Crippen molar-refractivity contribution in [3.8, 4) is 0 Å². The lowest BCUT2D eigenvalue weighted by Crippen LogP contribution is -2.71. The van der Waals surface area contributed by atoms with E-state index in [0.717, 1.165) is 149 Å². The molecule has 4 aliphatic heterocycles. The molecule has 33 heteroatoms. The van der Waals surface area contributed by atoms with E-state index in [2.05, 4.69) is 52.2 Å². The first kappa shape index (κ1) is 75.0. The summed E-state index contributed by atoms with van der Waals surface area (Å²) >= 11 is 4.67. The van der Waals surface area contributed by atoms with Gasteiger partial charge in [-0.1, -0.05) is 100 Å². The molecule has 0 aliphatic carbocycles. The van der Waals surface area contributed by atoms with Crippen molar-refractivity contribution in [1.29, 1.82) is 0 Å². The molecule has 6 heterocycles. The summed E-state index contributed by atoms with van der Waals surface area (Å²) in [7, 11) is 4.25. The molecule has 0 saturated carbocycles. The molecule has 0 aromatic carbocycles. The molecule has 2 saturated heterocycles. The van der Waals surface area contributed by atoms with E-state index in [1.54, 1.807) is 7.11 Å². The number of thioether (sulfide) groups is 2. The van der Waals surface area contributed by atoms with Gasteiger partial charge >= 0.3 is 23.9 Å². The highest BCUT2D eigenvalue weighted by atomic mass is 32.2. The van der Waals surface area contributed by atoms with Crippen molar-refractivity contribution in [3.63, 3.8) is 0 Å². The Kier molecular flexibility index (Phi) is 31.9. The number of oxime groups is 2. The van der Waals surface area contributed by atoms with E-state index in [-0.39, 0.29) is 98.3 Å². The quantitative estimate of drug-likeness (QED) is 0.0134. The van der Waals surface area contributed by atoms with E-state index >= 15 is 0 Å². The van der Waals surface area contributed by atoms with Crippen LogP contribution < -0.4 is 31.9 Å². The molecule has 0 radical (unpaired) electrons. The number of carbonyl (C=O) groups excluding carboxylic acids is 8. The molecule has 6 rings (SSSR count). The Morgan fingerprint density at radius 2 is 0.914 bits per heavy atom. The molecule has 512 valence electrons. The Morgan fingerprint density at radius 1 is 0.559 bits per heavy atom. The number of amides is 6. The number of carboxylic acid groups (broad SMARTS) is 2. The summed E-state index contributed by atoms with van der Waals surface area (Å²) < 4.78 is 15.6. The molecule has 2 aromatic rings. The third kappa shape index (κ3) is 23.1. The molecule has 2 fully saturated rings. The number of nitrogens with zero attached hydrogens (tertiary/aromatic N) is 6. The van der Waals surface area contributed by atoms with Gasteiger partial charge in [-0.2, -0.15) is 0 Å². The van der Waals surface area contributed by atoms with Crippen molar-refractivity contribution in [2.75, 3.05) is 82.9 Å². The second-order valence-electron chi connectivity index (χ2n) is 22.3. The maximum atomic E-state index is 13.3. The summed E-state index contributed by atoms with van der Waals surface area (Å²) in [5.74, 6) is -6.75. The van der Waals surface area contributed by atoms with Crippen LogP contribution in [0.3, 0.4) is 0 Å². The van der Waals surface area contributed by atoms with Gasteiger partial charge in [0.1, 0.15) is 73.0 Å². The number of methoxy groups -OCH3 is 1. The molecule has 8 N–H and O–H groups in total. The lowest BCUT2D eigenvalue weighted by Gasteiger charge is -2.49. The van der Waals surface area contributed by atoms with Crippen molar-refractivity contribution in [1.82, 2.24) is 41.0 Å². The molecule has 2 aromatic heterocycles. The number of hydrogen-bond acceptors (Lipinski definition) is 25. The number of unbranched alkanes of at least 4 members (excludes halogenated alkanes) is 16. The van der Waals surface area contributed by atoms with Crippen LogP contribution >= 0.6 is 46.2 Å². The van der Waals surface area contributed by atoms with E-state index < -0.39 is 70.3 Å². The first-order valence-corrected chi connectivity index (χ1v) is 35.1. The van der Waals surface area contributed by atoms with E-state index in [1.807, 2.05) is 0 Å². The normalized spacial score (nSPS) is 18.2. The molecular formula is C60H86N12O17S4. The molecule has 4 unspecified atom stereocenters. The molecule has 29 nitrogen and oxygen atoms in total. The van der Waals surface area contributed by atoms with Gasteiger partial charge in [-0.15, -0.1) is 46.2 Å². The zero-order chi connectivity index (χ0) is 67.2. The zero-order valence-electron chi connectivity index (χ0n) is 53.2. The number of carbonyl (C=O) groups is 10. The minimum atomic E-state index is -1.35. The number of carboxylic acids is 2. The molecule has 4 aliphatic rings. The van der Waals surface area contributed by atoms with E-state index in [0.29, 0.717) is 12.8 Å². The molecule has 0 spiro atoms. The van der Waals surface area contributed by atoms with Gasteiger partial charge in [-0.25, -0.2) is 19.6 Å². The smallest absolute Gasteiger partial charge is 0.352 e. The number of thiazole rings is 2. The number of anilines is 2. The number of fused-ring (bicyclic) bond motifs is 2. The molecule has 93 heavy (non-hydrogen) atoms. The van der Waals surface area contributed by atoms with Crippen LogP contribution in [0.2, 0.25) is 0 Å². The molecule has 6 amide bonds. The van der Waals surface area contributed by atoms with Gasteiger partial charge in [0, 0.05) is 80.3 Å². The summed E-state index contributed by atoms with van der Waals surface area (Å²) in [6, 6.07) is -2.10. The van der Waals surface area contributed by atoms with Crippen LogP contribution in [0.25, 0.3) is 0 Å². The van der Waals surface area contributed by atoms with Gasteiger partial charge in [0.15, 0.2) is 21.7 Å². The predicted molar refractivity (Wildman–Crippen MR) is 350 cm³/mol. The first-order chi connectivity index (χ1) is 44.9. The highest BCUT2D eigenvalue weighted by Crippen LogP contribution is 2.42. The van der Waals surface area contributed by atoms with Gasteiger partial charge in [0.2, 0.25) is 11.8 Å². The third-order valence-electron chi connectivity index (χ3n) is 15.3. The molecule has 4 atom stereocenters. The van der Waals surface area contributed by atoms with Crippen LogP contribution in [0.15, 0.2) is 43.6 Å². The summed E-state index contributed by atoms with van der Waals surface area (Å²) in [6.07, 6.45) is 19.9. The third-order valence-corrected chi connectivity index (χ3v) is 19.5. The van der Waals surface area contributed by atoms with E-state index in [4.69, 9.17) is 23.9 Å². The van der Waals surface area contributed by atoms with Crippen LogP contribution in [-0.4, -0.2) is 202 Å². The number of esters is 2. The second-order valence-corrected chi connectivity index (χ2v) is 26.3.